The number of halogens is 1. The Morgan fingerprint density at radius 2 is 1.66 bits per heavy atom. The van der Waals surface area contributed by atoms with Crippen LogP contribution in [0.15, 0.2) is 48.7 Å². The third kappa shape index (κ3) is 5.27. The number of carbonyl (C=O) groups excluding carboxylic acids is 2. The average Bonchev–Trinajstić information content (AvgIpc) is 3.38. The number of fused-ring (bicyclic) bond motifs is 1. The molecule has 0 saturated carbocycles. The molecule has 2 aromatic heterocycles. The molecule has 1 fully saturated rings. The molecule has 0 atom stereocenters. The van der Waals surface area contributed by atoms with Crippen LogP contribution in [0.1, 0.15) is 33.6 Å². The minimum atomic E-state index is -0.221. The van der Waals surface area contributed by atoms with E-state index in [0.29, 0.717) is 52.5 Å². The maximum atomic E-state index is 12.0. The van der Waals surface area contributed by atoms with Crippen molar-refractivity contribution in [2.45, 2.75) is 18.9 Å². The first kappa shape index (κ1) is 25.5. The standard InChI is InChI=1S/C27H28ClN7O3/c1-29-25(36)16-5-3-15(4-6-16)19-14-31-23-22(19)24(32-18-9-11-38-12-10-18)35-27(34-23)33-21-8-7-17(13-20(21)28)26(37)30-2/h3-8,13-14,18H,9-12H2,1-2H3,(H,29,36)(H,30,37)(H3,31,32,33,34,35). The number of ether oxygens (including phenoxy) is 1. The summed E-state index contributed by atoms with van der Waals surface area (Å²) in [5, 5.41) is 13.2. The van der Waals surface area contributed by atoms with Gasteiger partial charge in [0.1, 0.15) is 11.5 Å². The molecule has 2 amide bonds. The fourth-order valence-electron chi connectivity index (χ4n) is 4.42. The number of hydrogen-bond donors (Lipinski definition) is 5. The number of amides is 2. The quantitative estimate of drug-likeness (QED) is 0.239. The monoisotopic (exact) mass is 533 g/mol. The van der Waals surface area contributed by atoms with Crippen LogP contribution in [-0.4, -0.2) is 60.1 Å². The zero-order valence-electron chi connectivity index (χ0n) is 21.0. The second kappa shape index (κ2) is 11.1. The molecule has 0 aliphatic carbocycles. The minimum Gasteiger partial charge on any atom is -0.381 e. The van der Waals surface area contributed by atoms with E-state index in [1.807, 2.05) is 18.3 Å². The van der Waals surface area contributed by atoms with E-state index in [1.165, 1.54) is 0 Å². The first-order valence-corrected chi connectivity index (χ1v) is 12.7. The van der Waals surface area contributed by atoms with Gasteiger partial charge in [-0.1, -0.05) is 23.7 Å². The van der Waals surface area contributed by atoms with Crippen LogP contribution in [0.25, 0.3) is 22.2 Å². The van der Waals surface area contributed by atoms with Gasteiger partial charge >= 0.3 is 0 Å². The molecule has 1 aliphatic heterocycles. The van der Waals surface area contributed by atoms with Gasteiger partial charge < -0.3 is 31.0 Å². The molecular formula is C27H28ClN7O3. The summed E-state index contributed by atoms with van der Waals surface area (Å²) in [5.41, 5.74) is 4.10. The molecule has 0 unspecified atom stereocenters. The van der Waals surface area contributed by atoms with E-state index in [0.717, 1.165) is 29.4 Å². The molecule has 196 valence electrons. The van der Waals surface area contributed by atoms with E-state index in [1.54, 1.807) is 44.4 Å². The van der Waals surface area contributed by atoms with E-state index < -0.39 is 0 Å². The molecule has 0 spiro atoms. The van der Waals surface area contributed by atoms with Crippen LogP contribution in [0.3, 0.4) is 0 Å². The molecule has 11 heteroatoms. The highest BCUT2D eigenvalue weighted by molar-refractivity contribution is 6.33. The number of hydrogen-bond acceptors (Lipinski definition) is 7. The number of carbonyl (C=O) groups is 2. The number of benzene rings is 2. The number of nitrogens with zero attached hydrogens (tertiary/aromatic N) is 2. The highest BCUT2D eigenvalue weighted by atomic mass is 35.5. The van der Waals surface area contributed by atoms with Gasteiger partial charge in [0.05, 0.1) is 16.1 Å². The van der Waals surface area contributed by atoms with Crippen molar-refractivity contribution in [3.05, 3.63) is 64.8 Å². The van der Waals surface area contributed by atoms with Gasteiger partial charge in [0.25, 0.3) is 11.8 Å². The molecular weight excluding hydrogens is 506 g/mol. The third-order valence-corrected chi connectivity index (χ3v) is 6.80. The minimum absolute atomic E-state index is 0.140. The fraction of sp³-hybridized carbons (Fsp3) is 0.259. The van der Waals surface area contributed by atoms with E-state index in [-0.39, 0.29) is 17.9 Å². The molecule has 0 radical (unpaired) electrons. The highest BCUT2D eigenvalue weighted by Gasteiger charge is 2.20. The summed E-state index contributed by atoms with van der Waals surface area (Å²) < 4.78 is 5.53. The number of H-pyrrole nitrogens is 1. The maximum absolute atomic E-state index is 12.0. The SMILES string of the molecule is CNC(=O)c1ccc(-c2c[nH]c3nc(Nc4ccc(C(=O)NC)cc4Cl)nc(NC4CCOCC4)c23)cc1. The van der Waals surface area contributed by atoms with Gasteiger partial charge in [0.15, 0.2) is 0 Å². The van der Waals surface area contributed by atoms with Gasteiger partial charge in [-0.3, -0.25) is 9.59 Å². The van der Waals surface area contributed by atoms with Crippen LogP contribution in [0.5, 0.6) is 0 Å². The number of nitrogens with one attached hydrogen (secondary N) is 5. The van der Waals surface area contributed by atoms with Crippen molar-refractivity contribution in [3.8, 4) is 11.1 Å². The Hall–Kier alpha value is -4.15. The van der Waals surface area contributed by atoms with Crippen molar-refractivity contribution in [1.29, 1.82) is 0 Å². The summed E-state index contributed by atoms with van der Waals surface area (Å²) in [7, 11) is 3.18. The van der Waals surface area contributed by atoms with Crippen molar-refractivity contribution in [2.24, 2.45) is 0 Å². The molecule has 4 aromatic rings. The second-order valence-corrected chi connectivity index (χ2v) is 9.32. The molecule has 0 bridgehead atoms. The predicted molar refractivity (Wildman–Crippen MR) is 148 cm³/mol. The first-order chi connectivity index (χ1) is 18.5. The Bertz CT molecular complexity index is 1480. The van der Waals surface area contributed by atoms with Crippen molar-refractivity contribution in [2.75, 3.05) is 37.9 Å². The molecule has 1 aliphatic rings. The Morgan fingerprint density at radius 1 is 0.974 bits per heavy atom. The number of anilines is 3. The molecule has 38 heavy (non-hydrogen) atoms. The zero-order chi connectivity index (χ0) is 26.6. The molecule has 3 heterocycles. The van der Waals surface area contributed by atoms with Gasteiger partial charge in [-0.15, -0.1) is 0 Å². The lowest BCUT2D eigenvalue weighted by Gasteiger charge is -2.24. The lowest BCUT2D eigenvalue weighted by molar-refractivity contribution is 0.0904. The smallest absolute Gasteiger partial charge is 0.251 e. The maximum Gasteiger partial charge on any atom is 0.251 e. The van der Waals surface area contributed by atoms with Gasteiger partial charge in [-0.2, -0.15) is 9.97 Å². The molecule has 5 rings (SSSR count). The van der Waals surface area contributed by atoms with Crippen molar-refractivity contribution < 1.29 is 14.3 Å². The van der Waals surface area contributed by atoms with Gasteiger partial charge in [-0.25, -0.2) is 0 Å². The Labute approximate surface area is 224 Å². The van der Waals surface area contributed by atoms with E-state index in [9.17, 15) is 9.59 Å². The topological polar surface area (TPSA) is 133 Å². The summed E-state index contributed by atoms with van der Waals surface area (Å²) in [6.07, 6.45) is 3.61. The number of aromatic nitrogens is 3. The van der Waals surface area contributed by atoms with E-state index in [4.69, 9.17) is 26.3 Å². The zero-order valence-corrected chi connectivity index (χ0v) is 21.8. The van der Waals surface area contributed by atoms with Crippen molar-refractivity contribution in [1.82, 2.24) is 25.6 Å². The number of aromatic amines is 1. The molecule has 1 saturated heterocycles. The van der Waals surface area contributed by atoms with Crippen molar-refractivity contribution >= 4 is 51.9 Å². The molecule has 2 aromatic carbocycles. The van der Waals surface area contributed by atoms with Crippen LogP contribution >= 0.6 is 11.6 Å². The summed E-state index contributed by atoms with van der Waals surface area (Å²) in [4.78, 5) is 36.7. The van der Waals surface area contributed by atoms with E-state index >= 15 is 0 Å². The fourth-order valence-corrected chi connectivity index (χ4v) is 4.65. The summed E-state index contributed by atoms with van der Waals surface area (Å²) >= 11 is 6.46. The molecule has 5 N–H and O–H groups in total. The Kier molecular flexibility index (Phi) is 7.43. The lowest BCUT2D eigenvalue weighted by atomic mass is 10.0. The largest absolute Gasteiger partial charge is 0.381 e. The summed E-state index contributed by atoms with van der Waals surface area (Å²) in [6.45, 7) is 1.37. The van der Waals surface area contributed by atoms with Crippen LogP contribution in [0.4, 0.5) is 17.5 Å². The summed E-state index contributed by atoms with van der Waals surface area (Å²) in [6, 6.07) is 12.6. The van der Waals surface area contributed by atoms with E-state index in [2.05, 4.69) is 26.3 Å². The van der Waals surface area contributed by atoms with Crippen LogP contribution in [-0.2, 0) is 4.74 Å². The first-order valence-electron chi connectivity index (χ1n) is 12.3. The van der Waals surface area contributed by atoms with Crippen molar-refractivity contribution in [3.63, 3.8) is 0 Å². The Balaban J connectivity index is 1.53. The normalized spacial score (nSPS) is 13.8. The van der Waals surface area contributed by atoms with Crippen LogP contribution in [0.2, 0.25) is 5.02 Å². The van der Waals surface area contributed by atoms with Crippen LogP contribution < -0.4 is 21.3 Å². The number of rotatable bonds is 7. The van der Waals surface area contributed by atoms with Gasteiger partial charge in [0.2, 0.25) is 5.95 Å². The predicted octanol–water partition coefficient (Wildman–Crippen LogP) is 4.33. The van der Waals surface area contributed by atoms with Gasteiger partial charge in [-0.05, 0) is 48.7 Å². The average molecular weight is 534 g/mol. The lowest BCUT2D eigenvalue weighted by Crippen LogP contribution is -2.28. The Morgan fingerprint density at radius 3 is 2.34 bits per heavy atom. The summed E-state index contributed by atoms with van der Waals surface area (Å²) in [5.74, 6) is 0.666. The second-order valence-electron chi connectivity index (χ2n) is 8.91. The molecule has 10 nitrogen and oxygen atoms in total. The van der Waals surface area contributed by atoms with Gasteiger partial charge in [0, 0.05) is 56.2 Å². The third-order valence-electron chi connectivity index (χ3n) is 6.48. The highest BCUT2D eigenvalue weighted by Crippen LogP contribution is 2.35. The van der Waals surface area contributed by atoms with Crippen LogP contribution in [0, 0.1) is 0 Å².